The number of aliphatic hydroxyl groups is 1. The molecule has 0 spiro atoms. The first-order chi connectivity index (χ1) is 9.16. The van der Waals surface area contributed by atoms with E-state index >= 15 is 0 Å². The first kappa shape index (κ1) is 12.1. The Hall–Kier alpha value is -1.91. The third kappa shape index (κ3) is 2.09. The second-order valence-electron chi connectivity index (χ2n) is 4.33. The van der Waals surface area contributed by atoms with Gasteiger partial charge in [0.15, 0.2) is 0 Å². The Labute approximate surface area is 115 Å². The second kappa shape index (κ2) is 4.64. The fourth-order valence-corrected chi connectivity index (χ4v) is 2.32. The minimum Gasteiger partial charge on any atom is -0.387 e. The Morgan fingerprint density at radius 1 is 1.21 bits per heavy atom. The van der Waals surface area contributed by atoms with E-state index in [1.54, 1.807) is 31.6 Å². The lowest BCUT2D eigenvalue weighted by Crippen LogP contribution is -1.99. The molecule has 5 heteroatoms. The smallest absolute Gasteiger partial charge is 0.137 e. The number of pyridine rings is 2. The molecular formula is C14H12ClN3O. The normalized spacial score (nSPS) is 12.8. The third-order valence-electron chi connectivity index (χ3n) is 2.97. The average Bonchev–Trinajstić information content (AvgIpc) is 2.78. The number of nitrogens with zero attached hydrogens (tertiary/aromatic N) is 3. The molecule has 3 aromatic heterocycles. The maximum atomic E-state index is 10.0. The average molecular weight is 274 g/mol. The van der Waals surface area contributed by atoms with Gasteiger partial charge in [-0.2, -0.15) is 0 Å². The van der Waals surface area contributed by atoms with Crippen molar-refractivity contribution in [3.63, 3.8) is 0 Å². The predicted octanol–water partition coefficient (Wildman–Crippen LogP) is 3.10. The van der Waals surface area contributed by atoms with E-state index in [1.165, 1.54) is 0 Å². The number of aromatic nitrogens is 3. The van der Waals surface area contributed by atoms with E-state index in [-0.39, 0.29) is 0 Å². The van der Waals surface area contributed by atoms with Gasteiger partial charge in [-0.25, -0.2) is 4.98 Å². The number of rotatable bonds is 2. The molecule has 0 aromatic carbocycles. The molecule has 3 heterocycles. The van der Waals surface area contributed by atoms with Crippen LogP contribution >= 0.6 is 11.6 Å². The van der Waals surface area contributed by atoms with Gasteiger partial charge in [0.05, 0.1) is 22.5 Å². The lowest BCUT2D eigenvalue weighted by atomic mass is 10.1. The largest absolute Gasteiger partial charge is 0.387 e. The van der Waals surface area contributed by atoms with Crippen LogP contribution in [0.1, 0.15) is 18.7 Å². The Kier molecular flexibility index (Phi) is 2.97. The molecule has 1 unspecified atom stereocenters. The second-order valence-corrected chi connectivity index (χ2v) is 4.77. The predicted molar refractivity (Wildman–Crippen MR) is 74.1 cm³/mol. The monoisotopic (exact) mass is 273 g/mol. The van der Waals surface area contributed by atoms with Crippen LogP contribution in [-0.4, -0.2) is 19.5 Å². The molecule has 0 aliphatic rings. The summed E-state index contributed by atoms with van der Waals surface area (Å²) in [5.74, 6) is 0. The lowest BCUT2D eigenvalue weighted by Gasteiger charge is -2.07. The van der Waals surface area contributed by atoms with Crippen LogP contribution in [0.2, 0.25) is 5.02 Å². The fraction of sp³-hybridized carbons (Fsp3) is 0.143. The van der Waals surface area contributed by atoms with E-state index in [0.29, 0.717) is 5.02 Å². The summed E-state index contributed by atoms with van der Waals surface area (Å²) in [5, 5.41) is 10.6. The van der Waals surface area contributed by atoms with Gasteiger partial charge >= 0.3 is 0 Å². The number of halogens is 1. The highest BCUT2D eigenvalue weighted by Gasteiger charge is 2.17. The van der Waals surface area contributed by atoms with Gasteiger partial charge in [0.1, 0.15) is 5.65 Å². The van der Waals surface area contributed by atoms with Crippen LogP contribution in [0.5, 0.6) is 0 Å². The molecular weight excluding hydrogens is 262 g/mol. The Morgan fingerprint density at radius 2 is 1.95 bits per heavy atom. The van der Waals surface area contributed by atoms with Gasteiger partial charge in [0, 0.05) is 24.2 Å². The van der Waals surface area contributed by atoms with E-state index in [1.807, 2.05) is 22.6 Å². The Balaban J connectivity index is 2.33. The van der Waals surface area contributed by atoms with Crippen LogP contribution in [0.25, 0.3) is 16.9 Å². The molecule has 0 radical (unpaired) electrons. The van der Waals surface area contributed by atoms with Crippen LogP contribution in [-0.2, 0) is 0 Å². The molecule has 0 fully saturated rings. The minimum absolute atomic E-state index is 0.605. The summed E-state index contributed by atoms with van der Waals surface area (Å²) in [6, 6.07) is 7.36. The van der Waals surface area contributed by atoms with Crippen LogP contribution in [0.15, 0.2) is 42.9 Å². The summed E-state index contributed by atoms with van der Waals surface area (Å²) in [7, 11) is 0. The molecule has 4 nitrogen and oxygen atoms in total. The van der Waals surface area contributed by atoms with Crippen molar-refractivity contribution in [1.82, 2.24) is 14.4 Å². The summed E-state index contributed by atoms with van der Waals surface area (Å²) in [6.07, 6.45) is 4.53. The standard InChI is InChI=1S/C14H12ClN3O/c1-9(19)14-13(10-4-6-16-7-5-10)17-12-3-2-11(15)8-18(12)14/h2-9,19H,1H3. The number of aliphatic hydroxyl groups excluding tert-OH is 1. The molecule has 3 aromatic rings. The molecule has 96 valence electrons. The zero-order chi connectivity index (χ0) is 13.4. The first-order valence-electron chi connectivity index (χ1n) is 5.93. The van der Waals surface area contributed by atoms with Gasteiger partial charge in [-0.05, 0) is 31.2 Å². The molecule has 1 atom stereocenters. The molecule has 19 heavy (non-hydrogen) atoms. The molecule has 0 saturated carbocycles. The summed E-state index contributed by atoms with van der Waals surface area (Å²) in [5.41, 5.74) is 3.15. The molecule has 1 N–H and O–H groups in total. The van der Waals surface area contributed by atoms with E-state index in [0.717, 1.165) is 22.6 Å². The molecule has 0 aliphatic heterocycles. The van der Waals surface area contributed by atoms with Crippen LogP contribution < -0.4 is 0 Å². The molecule has 0 amide bonds. The zero-order valence-corrected chi connectivity index (χ0v) is 11.0. The fourth-order valence-electron chi connectivity index (χ4n) is 2.16. The number of imidazole rings is 1. The van der Waals surface area contributed by atoms with Gasteiger partial charge in [-0.15, -0.1) is 0 Å². The third-order valence-corrected chi connectivity index (χ3v) is 3.19. The van der Waals surface area contributed by atoms with Gasteiger partial charge in [-0.3, -0.25) is 9.38 Å². The van der Waals surface area contributed by atoms with E-state index in [2.05, 4.69) is 9.97 Å². The molecule has 0 saturated heterocycles. The Bertz CT molecular complexity index is 722. The molecule has 0 aliphatic carbocycles. The van der Waals surface area contributed by atoms with Crippen LogP contribution in [0.4, 0.5) is 0 Å². The highest BCUT2D eigenvalue weighted by atomic mass is 35.5. The van der Waals surface area contributed by atoms with Gasteiger partial charge in [0.25, 0.3) is 0 Å². The number of hydrogen-bond acceptors (Lipinski definition) is 3. The molecule has 3 rings (SSSR count). The van der Waals surface area contributed by atoms with E-state index < -0.39 is 6.10 Å². The zero-order valence-electron chi connectivity index (χ0n) is 10.3. The van der Waals surface area contributed by atoms with E-state index in [9.17, 15) is 5.11 Å². The maximum absolute atomic E-state index is 10.0. The number of fused-ring (bicyclic) bond motifs is 1. The summed E-state index contributed by atoms with van der Waals surface area (Å²) in [4.78, 5) is 8.56. The topological polar surface area (TPSA) is 50.4 Å². The maximum Gasteiger partial charge on any atom is 0.137 e. The molecule has 0 bridgehead atoms. The SMILES string of the molecule is CC(O)c1c(-c2ccncc2)nc2ccc(Cl)cn12. The van der Waals surface area contributed by atoms with Crippen LogP contribution in [0.3, 0.4) is 0 Å². The summed E-state index contributed by atoms with van der Waals surface area (Å²) in [6.45, 7) is 1.72. The quantitative estimate of drug-likeness (QED) is 0.780. The van der Waals surface area contributed by atoms with Crippen molar-refractivity contribution >= 4 is 17.2 Å². The van der Waals surface area contributed by atoms with Crippen molar-refractivity contribution < 1.29 is 5.11 Å². The van der Waals surface area contributed by atoms with Crippen molar-refractivity contribution in [3.8, 4) is 11.3 Å². The highest BCUT2D eigenvalue weighted by molar-refractivity contribution is 6.30. The van der Waals surface area contributed by atoms with Crippen molar-refractivity contribution in [2.45, 2.75) is 13.0 Å². The lowest BCUT2D eigenvalue weighted by molar-refractivity contribution is 0.194. The van der Waals surface area contributed by atoms with Crippen molar-refractivity contribution in [1.29, 1.82) is 0 Å². The van der Waals surface area contributed by atoms with Crippen molar-refractivity contribution in [2.75, 3.05) is 0 Å². The summed E-state index contributed by atoms with van der Waals surface area (Å²) < 4.78 is 1.82. The Morgan fingerprint density at radius 3 is 2.63 bits per heavy atom. The minimum atomic E-state index is -0.642. The van der Waals surface area contributed by atoms with Gasteiger partial charge in [0.2, 0.25) is 0 Å². The van der Waals surface area contributed by atoms with Gasteiger partial charge in [-0.1, -0.05) is 11.6 Å². The number of hydrogen-bond donors (Lipinski definition) is 1. The van der Waals surface area contributed by atoms with Crippen LogP contribution in [0, 0.1) is 0 Å². The van der Waals surface area contributed by atoms with E-state index in [4.69, 9.17) is 11.6 Å². The summed E-state index contributed by atoms with van der Waals surface area (Å²) >= 11 is 6.01. The first-order valence-corrected chi connectivity index (χ1v) is 6.30. The highest BCUT2D eigenvalue weighted by Crippen LogP contribution is 2.29. The van der Waals surface area contributed by atoms with Crippen molar-refractivity contribution in [2.24, 2.45) is 0 Å². The van der Waals surface area contributed by atoms with Gasteiger partial charge < -0.3 is 5.11 Å². The van der Waals surface area contributed by atoms with Crippen molar-refractivity contribution in [3.05, 3.63) is 53.6 Å².